The topological polar surface area (TPSA) is 68.2 Å². The van der Waals surface area contributed by atoms with Gasteiger partial charge >= 0.3 is 0 Å². The molecule has 1 aliphatic carbocycles. The molecule has 6 heteroatoms. The number of hydrogen-bond acceptors (Lipinski definition) is 4. The summed E-state index contributed by atoms with van der Waals surface area (Å²) in [6, 6.07) is 10.0. The monoisotopic (exact) mass is 340 g/mol. The van der Waals surface area contributed by atoms with Gasteiger partial charge in [-0.15, -0.1) is 0 Å². The van der Waals surface area contributed by atoms with Crippen LogP contribution in [0.4, 0.5) is 0 Å². The summed E-state index contributed by atoms with van der Waals surface area (Å²) >= 11 is 0. The molecule has 2 heterocycles. The number of hydrogen-bond donors (Lipinski definition) is 2. The van der Waals surface area contributed by atoms with Crippen molar-refractivity contribution in [1.29, 1.82) is 0 Å². The Labute approximate surface area is 147 Å². The van der Waals surface area contributed by atoms with E-state index < -0.39 is 0 Å². The number of aromatic nitrogens is 2. The first-order chi connectivity index (χ1) is 12.2. The fourth-order valence-corrected chi connectivity index (χ4v) is 4.61. The molecular weight excluding hydrogens is 316 g/mol. The first-order valence-electron chi connectivity index (χ1n) is 8.79. The molecule has 132 valence electrons. The van der Waals surface area contributed by atoms with Gasteiger partial charge < -0.3 is 15.4 Å². The molecule has 2 aromatic rings. The highest BCUT2D eigenvalue weighted by molar-refractivity contribution is 5.93. The third-order valence-electron chi connectivity index (χ3n) is 5.77. The Morgan fingerprint density at radius 3 is 2.76 bits per heavy atom. The summed E-state index contributed by atoms with van der Waals surface area (Å²) in [4.78, 5) is 12.8. The molecule has 1 aromatic carbocycles. The van der Waals surface area contributed by atoms with E-state index in [1.165, 1.54) is 11.1 Å². The third kappa shape index (κ3) is 2.48. The first kappa shape index (κ1) is 16.3. The van der Waals surface area contributed by atoms with Gasteiger partial charge in [0.05, 0.1) is 12.1 Å². The molecule has 0 unspecified atom stereocenters. The van der Waals surface area contributed by atoms with Crippen LogP contribution in [0.15, 0.2) is 36.5 Å². The number of ether oxygens (including phenoxy) is 1. The predicted molar refractivity (Wildman–Crippen MR) is 94.4 cm³/mol. The molecule has 2 N–H and O–H groups in total. The summed E-state index contributed by atoms with van der Waals surface area (Å²) in [6.07, 6.45) is 3.60. The zero-order chi connectivity index (χ0) is 17.4. The van der Waals surface area contributed by atoms with Crippen molar-refractivity contribution in [3.05, 3.63) is 53.3 Å². The second-order valence-electron chi connectivity index (χ2n) is 6.94. The lowest BCUT2D eigenvalue weighted by molar-refractivity contribution is 0.00388. The Hall–Kier alpha value is -2.18. The van der Waals surface area contributed by atoms with Crippen LogP contribution in [0.2, 0.25) is 0 Å². The van der Waals surface area contributed by atoms with Gasteiger partial charge in [0, 0.05) is 25.8 Å². The standard InChI is InChI=1S/C19H24N4O2/c1-23-15(7-10-21-23)18(24)22-16-13-5-3-4-6-14(13)19(17(16)25-2)8-11-20-12-9-19/h3-7,10,16-17,20H,8-9,11-12H2,1-2H3,(H,22,24)/t16-,17+/m1/s1. The van der Waals surface area contributed by atoms with E-state index in [2.05, 4.69) is 33.9 Å². The molecule has 1 spiro atoms. The van der Waals surface area contributed by atoms with Crippen molar-refractivity contribution >= 4 is 5.91 Å². The van der Waals surface area contributed by atoms with Gasteiger partial charge in [-0.1, -0.05) is 24.3 Å². The number of amides is 1. The molecule has 0 saturated carbocycles. The van der Waals surface area contributed by atoms with E-state index in [9.17, 15) is 4.79 Å². The molecule has 1 amide bonds. The third-order valence-corrected chi connectivity index (χ3v) is 5.77. The van der Waals surface area contributed by atoms with Gasteiger partial charge in [-0.2, -0.15) is 5.10 Å². The number of benzene rings is 1. The SMILES string of the molecule is CO[C@H]1[C@H](NC(=O)c2ccnn2C)c2ccccc2C12CCNCC2. The van der Waals surface area contributed by atoms with Crippen LogP contribution in [0.25, 0.3) is 0 Å². The van der Waals surface area contributed by atoms with Crippen molar-refractivity contribution in [2.24, 2.45) is 7.05 Å². The average molecular weight is 340 g/mol. The van der Waals surface area contributed by atoms with Gasteiger partial charge in [-0.3, -0.25) is 9.48 Å². The van der Waals surface area contributed by atoms with Gasteiger partial charge in [0.15, 0.2) is 0 Å². The molecule has 4 rings (SSSR count). The van der Waals surface area contributed by atoms with Crippen LogP contribution in [0.1, 0.15) is 40.5 Å². The predicted octanol–water partition coefficient (Wildman–Crippen LogP) is 1.54. The molecule has 2 aliphatic rings. The number of fused-ring (bicyclic) bond motifs is 2. The molecule has 0 radical (unpaired) electrons. The fraction of sp³-hybridized carbons (Fsp3) is 0.474. The van der Waals surface area contributed by atoms with Crippen LogP contribution >= 0.6 is 0 Å². The van der Waals surface area contributed by atoms with E-state index in [-0.39, 0.29) is 23.5 Å². The van der Waals surface area contributed by atoms with E-state index in [1.807, 2.05) is 6.07 Å². The summed E-state index contributed by atoms with van der Waals surface area (Å²) in [5, 5.41) is 10.7. The number of methoxy groups -OCH3 is 1. The average Bonchev–Trinajstić information content (AvgIpc) is 3.17. The van der Waals surface area contributed by atoms with E-state index in [0.29, 0.717) is 5.69 Å². The van der Waals surface area contributed by atoms with Crippen LogP contribution in [0, 0.1) is 0 Å². The minimum absolute atomic E-state index is 0.0407. The Kier molecular flexibility index (Phi) is 4.09. The summed E-state index contributed by atoms with van der Waals surface area (Å²) < 4.78 is 7.58. The highest BCUT2D eigenvalue weighted by Crippen LogP contribution is 2.51. The molecule has 1 fully saturated rings. The molecule has 1 aliphatic heterocycles. The van der Waals surface area contributed by atoms with E-state index >= 15 is 0 Å². The van der Waals surface area contributed by atoms with Gasteiger partial charge in [0.1, 0.15) is 5.69 Å². The van der Waals surface area contributed by atoms with Crippen LogP contribution in [-0.4, -0.2) is 42.0 Å². The van der Waals surface area contributed by atoms with Gasteiger partial charge in [-0.05, 0) is 43.1 Å². The number of carbonyl (C=O) groups excluding carboxylic acids is 1. The molecule has 25 heavy (non-hydrogen) atoms. The minimum atomic E-state index is -0.151. The zero-order valence-corrected chi connectivity index (χ0v) is 14.7. The summed E-state index contributed by atoms with van der Waals surface area (Å²) in [5.41, 5.74) is 3.00. The Morgan fingerprint density at radius 2 is 2.08 bits per heavy atom. The number of rotatable bonds is 3. The molecule has 1 saturated heterocycles. The van der Waals surface area contributed by atoms with Gasteiger partial charge in [0.25, 0.3) is 5.91 Å². The Morgan fingerprint density at radius 1 is 1.32 bits per heavy atom. The van der Waals surface area contributed by atoms with Crippen LogP contribution < -0.4 is 10.6 Å². The highest BCUT2D eigenvalue weighted by atomic mass is 16.5. The van der Waals surface area contributed by atoms with Crippen molar-refractivity contribution in [2.75, 3.05) is 20.2 Å². The van der Waals surface area contributed by atoms with Crippen LogP contribution in [-0.2, 0) is 17.2 Å². The van der Waals surface area contributed by atoms with Crippen molar-refractivity contribution < 1.29 is 9.53 Å². The quantitative estimate of drug-likeness (QED) is 0.889. The molecule has 0 bridgehead atoms. The first-order valence-corrected chi connectivity index (χ1v) is 8.79. The second-order valence-corrected chi connectivity index (χ2v) is 6.94. The van der Waals surface area contributed by atoms with Crippen molar-refractivity contribution in [3.63, 3.8) is 0 Å². The van der Waals surface area contributed by atoms with Crippen molar-refractivity contribution in [2.45, 2.75) is 30.4 Å². The van der Waals surface area contributed by atoms with Crippen molar-refractivity contribution in [1.82, 2.24) is 20.4 Å². The normalized spacial score (nSPS) is 24.2. The molecular formula is C19H24N4O2. The number of carbonyl (C=O) groups is 1. The zero-order valence-electron chi connectivity index (χ0n) is 14.7. The summed E-state index contributed by atoms with van der Waals surface area (Å²) in [7, 11) is 3.53. The fourth-order valence-electron chi connectivity index (χ4n) is 4.61. The van der Waals surface area contributed by atoms with E-state index in [4.69, 9.17) is 4.74 Å². The van der Waals surface area contributed by atoms with Crippen LogP contribution in [0.5, 0.6) is 0 Å². The number of piperidine rings is 1. The van der Waals surface area contributed by atoms with Gasteiger partial charge in [0.2, 0.25) is 0 Å². The van der Waals surface area contributed by atoms with Crippen LogP contribution in [0.3, 0.4) is 0 Å². The summed E-state index contributed by atoms with van der Waals surface area (Å²) in [5.74, 6) is -0.118. The molecule has 2 atom stereocenters. The highest BCUT2D eigenvalue weighted by Gasteiger charge is 2.53. The van der Waals surface area contributed by atoms with E-state index in [1.54, 1.807) is 31.1 Å². The Bertz CT molecular complexity index is 779. The molecule has 1 aromatic heterocycles. The summed E-state index contributed by atoms with van der Waals surface area (Å²) in [6.45, 7) is 1.94. The lowest BCUT2D eigenvalue weighted by Gasteiger charge is -2.40. The number of aryl methyl sites for hydroxylation is 1. The maximum atomic E-state index is 12.8. The smallest absolute Gasteiger partial charge is 0.270 e. The maximum Gasteiger partial charge on any atom is 0.270 e. The number of nitrogens with one attached hydrogen (secondary N) is 2. The largest absolute Gasteiger partial charge is 0.378 e. The minimum Gasteiger partial charge on any atom is -0.378 e. The maximum absolute atomic E-state index is 12.8. The molecule has 6 nitrogen and oxygen atoms in total. The van der Waals surface area contributed by atoms with E-state index in [0.717, 1.165) is 25.9 Å². The van der Waals surface area contributed by atoms with Crippen molar-refractivity contribution in [3.8, 4) is 0 Å². The Balaban J connectivity index is 1.72. The second kappa shape index (κ2) is 6.28. The lowest BCUT2D eigenvalue weighted by Crippen LogP contribution is -2.49. The lowest BCUT2D eigenvalue weighted by atomic mass is 9.72. The van der Waals surface area contributed by atoms with Gasteiger partial charge in [-0.25, -0.2) is 0 Å². The number of nitrogens with zero attached hydrogens (tertiary/aromatic N) is 2.